The quantitative estimate of drug-likeness (QED) is 0.674. The van der Waals surface area contributed by atoms with Crippen LogP contribution in [-0.2, 0) is 0 Å². The van der Waals surface area contributed by atoms with E-state index in [1.807, 2.05) is 85.8 Å². The Kier molecular flexibility index (Phi) is 5.89. The molecule has 27 heavy (non-hydrogen) atoms. The van der Waals surface area contributed by atoms with Crippen molar-refractivity contribution < 1.29 is 9.90 Å². The molecule has 2 unspecified atom stereocenters. The number of hydrogen-bond donors (Lipinski definition) is 2. The van der Waals surface area contributed by atoms with Crippen LogP contribution < -0.4 is 5.32 Å². The lowest BCUT2D eigenvalue weighted by atomic mass is 10.0. The molecular weight excluding hydrogens is 336 g/mol. The fraction of sp³-hybridized carbons (Fsp3) is 0.174. The number of likely N-dealkylation sites (N-methyl/N-ethyl adjacent to an activating group) is 1. The van der Waals surface area contributed by atoms with Crippen molar-refractivity contribution in [1.82, 2.24) is 4.90 Å². The molecular formula is C23H24N2O2. The number of amides is 1. The maximum Gasteiger partial charge on any atom is 0.256 e. The zero-order chi connectivity index (χ0) is 19.2. The molecule has 0 saturated carbocycles. The maximum atomic E-state index is 13.1. The number of aliphatic hydroxyl groups excluding tert-OH is 1. The summed E-state index contributed by atoms with van der Waals surface area (Å²) in [4.78, 5) is 14.7. The molecule has 0 bridgehead atoms. The summed E-state index contributed by atoms with van der Waals surface area (Å²) in [5, 5.41) is 13.9. The number of rotatable bonds is 6. The first-order valence-electron chi connectivity index (χ1n) is 8.99. The van der Waals surface area contributed by atoms with E-state index in [1.165, 1.54) is 0 Å². The number of nitrogens with one attached hydrogen (secondary N) is 1. The minimum atomic E-state index is -0.755. The van der Waals surface area contributed by atoms with Crippen LogP contribution in [0.1, 0.15) is 28.9 Å². The van der Waals surface area contributed by atoms with Crippen molar-refractivity contribution in [3.63, 3.8) is 0 Å². The molecule has 2 N–H and O–H groups in total. The van der Waals surface area contributed by atoms with Gasteiger partial charge in [-0.05, 0) is 36.8 Å². The van der Waals surface area contributed by atoms with Crippen LogP contribution in [0, 0.1) is 0 Å². The molecule has 0 fully saturated rings. The van der Waals surface area contributed by atoms with Crippen LogP contribution in [0.15, 0.2) is 84.9 Å². The monoisotopic (exact) mass is 360 g/mol. The van der Waals surface area contributed by atoms with E-state index in [4.69, 9.17) is 0 Å². The van der Waals surface area contributed by atoms with Gasteiger partial charge in [-0.25, -0.2) is 0 Å². The fourth-order valence-electron chi connectivity index (χ4n) is 2.97. The third kappa shape index (κ3) is 4.36. The molecule has 0 saturated heterocycles. The van der Waals surface area contributed by atoms with Gasteiger partial charge in [0.2, 0.25) is 0 Å². The van der Waals surface area contributed by atoms with Crippen LogP contribution in [0.2, 0.25) is 0 Å². The smallest absolute Gasteiger partial charge is 0.256 e. The van der Waals surface area contributed by atoms with Gasteiger partial charge in [0.25, 0.3) is 5.91 Å². The van der Waals surface area contributed by atoms with Crippen molar-refractivity contribution in [2.75, 3.05) is 12.4 Å². The zero-order valence-corrected chi connectivity index (χ0v) is 15.5. The van der Waals surface area contributed by atoms with E-state index in [9.17, 15) is 9.90 Å². The van der Waals surface area contributed by atoms with E-state index in [2.05, 4.69) is 5.32 Å². The van der Waals surface area contributed by atoms with Crippen LogP contribution in [0.25, 0.3) is 0 Å². The lowest BCUT2D eigenvalue weighted by Gasteiger charge is -2.30. The number of anilines is 2. The number of aliphatic hydroxyl groups is 1. The number of nitrogens with zero attached hydrogens (tertiary/aromatic N) is 1. The van der Waals surface area contributed by atoms with Crippen molar-refractivity contribution in [2.45, 2.75) is 19.1 Å². The van der Waals surface area contributed by atoms with Gasteiger partial charge in [0.05, 0.1) is 23.4 Å². The molecule has 0 heterocycles. The standard InChI is InChI=1S/C23H24N2O2/c1-17(22(26)18-11-5-3-6-12-18)25(2)23(27)20-15-9-10-16-21(20)24-19-13-7-4-8-14-19/h3-17,22,24,26H,1-2H3. The first-order valence-corrected chi connectivity index (χ1v) is 8.99. The van der Waals surface area contributed by atoms with E-state index in [0.29, 0.717) is 5.56 Å². The molecule has 4 nitrogen and oxygen atoms in total. The Balaban J connectivity index is 1.81. The Morgan fingerprint density at radius 1 is 0.889 bits per heavy atom. The lowest BCUT2D eigenvalue weighted by molar-refractivity contribution is 0.0487. The first kappa shape index (κ1) is 18.7. The molecule has 3 rings (SSSR count). The van der Waals surface area contributed by atoms with Gasteiger partial charge in [0.1, 0.15) is 0 Å². The molecule has 0 aliphatic heterocycles. The average Bonchev–Trinajstić information content (AvgIpc) is 2.73. The number of hydrogen-bond acceptors (Lipinski definition) is 3. The molecule has 3 aromatic rings. The van der Waals surface area contributed by atoms with Gasteiger partial charge in [0.15, 0.2) is 0 Å². The van der Waals surface area contributed by atoms with Crippen LogP contribution in [-0.4, -0.2) is 29.0 Å². The predicted molar refractivity (Wildman–Crippen MR) is 109 cm³/mol. The second-order valence-corrected chi connectivity index (χ2v) is 6.55. The number of para-hydroxylation sites is 2. The van der Waals surface area contributed by atoms with Gasteiger partial charge in [0, 0.05) is 12.7 Å². The van der Waals surface area contributed by atoms with E-state index < -0.39 is 6.10 Å². The molecule has 1 amide bonds. The summed E-state index contributed by atoms with van der Waals surface area (Å²) in [6.45, 7) is 1.85. The summed E-state index contributed by atoms with van der Waals surface area (Å²) >= 11 is 0. The Hall–Kier alpha value is -3.11. The largest absolute Gasteiger partial charge is 0.386 e. The van der Waals surface area contributed by atoms with Crippen molar-refractivity contribution >= 4 is 17.3 Å². The Bertz CT molecular complexity index is 881. The summed E-state index contributed by atoms with van der Waals surface area (Å²) in [7, 11) is 1.72. The SMILES string of the molecule is CC(C(O)c1ccccc1)N(C)C(=O)c1ccccc1Nc1ccccc1. The molecule has 0 aliphatic carbocycles. The third-order valence-corrected chi connectivity index (χ3v) is 4.74. The second kappa shape index (κ2) is 8.52. The Labute approximate surface area is 160 Å². The maximum absolute atomic E-state index is 13.1. The van der Waals surface area contributed by atoms with E-state index in [1.54, 1.807) is 18.0 Å². The van der Waals surface area contributed by atoms with Gasteiger partial charge in [-0.15, -0.1) is 0 Å². The molecule has 138 valence electrons. The minimum Gasteiger partial charge on any atom is -0.386 e. The van der Waals surface area contributed by atoms with E-state index in [-0.39, 0.29) is 11.9 Å². The average molecular weight is 360 g/mol. The van der Waals surface area contributed by atoms with Gasteiger partial charge < -0.3 is 15.3 Å². The molecule has 4 heteroatoms. The van der Waals surface area contributed by atoms with Gasteiger partial charge in [-0.1, -0.05) is 60.7 Å². The number of carbonyl (C=O) groups excluding carboxylic acids is 1. The first-order chi connectivity index (χ1) is 13.1. The Morgan fingerprint density at radius 3 is 2.11 bits per heavy atom. The van der Waals surface area contributed by atoms with Crippen molar-refractivity contribution in [2.24, 2.45) is 0 Å². The molecule has 2 atom stereocenters. The van der Waals surface area contributed by atoms with Gasteiger partial charge in [-0.3, -0.25) is 4.79 Å². The van der Waals surface area contributed by atoms with Crippen LogP contribution in [0.3, 0.4) is 0 Å². The highest BCUT2D eigenvalue weighted by molar-refractivity contribution is 6.00. The van der Waals surface area contributed by atoms with E-state index in [0.717, 1.165) is 16.9 Å². The van der Waals surface area contributed by atoms with E-state index >= 15 is 0 Å². The zero-order valence-electron chi connectivity index (χ0n) is 15.5. The normalized spacial score (nSPS) is 12.9. The fourth-order valence-corrected chi connectivity index (χ4v) is 2.97. The molecule has 0 aliphatic rings. The number of carbonyl (C=O) groups is 1. The summed E-state index contributed by atoms with van der Waals surface area (Å²) in [6.07, 6.45) is -0.755. The summed E-state index contributed by atoms with van der Waals surface area (Å²) in [5.74, 6) is -0.142. The molecule has 0 radical (unpaired) electrons. The highest BCUT2D eigenvalue weighted by Gasteiger charge is 2.26. The summed E-state index contributed by atoms with van der Waals surface area (Å²) in [6, 6.07) is 26.2. The number of benzene rings is 3. The van der Waals surface area contributed by atoms with Gasteiger partial charge in [-0.2, -0.15) is 0 Å². The summed E-state index contributed by atoms with van der Waals surface area (Å²) < 4.78 is 0. The molecule has 0 aromatic heterocycles. The molecule has 0 spiro atoms. The van der Waals surface area contributed by atoms with Crippen molar-refractivity contribution in [1.29, 1.82) is 0 Å². The molecule has 3 aromatic carbocycles. The minimum absolute atomic E-state index is 0.142. The topological polar surface area (TPSA) is 52.6 Å². The third-order valence-electron chi connectivity index (χ3n) is 4.74. The second-order valence-electron chi connectivity index (χ2n) is 6.55. The van der Waals surface area contributed by atoms with Crippen molar-refractivity contribution in [3.8, 4) is 0 Å². The lowest BCUT2D eigenvalue weighted by Crippen LogP contribution is -2.39. The van der Waals surface area contributed by atoms with Gasteiger partial charge >= 0.3 is 0 Å². The van der Waals surface area contributed by atoms with Crippen LogP contribution in [0.4, 0.5) is 11.4 Å². The highest BCUT2D eigenvalue weighted by Crippen LogP contribution is 2.25. The highest BCUT2D eigenvalue weighted by atomic mass is 16.3. The van der Waals surface area contributed by atoms with Crippen LogP contribution in [0.5, 0.6) is 0 Å². The predicted octanol–water partition coefficient (Wildman–Crippen LogP) is 4.62. The summed E-state index contributed by atoms with van der Waals surface area (Å²) in [5.41, 5.74) is 3.01. The van der Waals surface area contributed by atoms with Crippen molar-refractivity contribution in [3.05, 3.63) is 96.1 Å². The Morgan fingerprint density at radius 2 is 1.44 bits per heavy atom. The van der Waals surface area contributed by atoms with Crippen LogP contribution >= 0.6 is 0 Å².